The predicted octanol–water partition coefficient (Wildman–Crippen LogP) is 2.93. The van der Waals surface area contributed by atoms with Gasteiger partial charge in [-0.3, -0.25) is 9.59 Å². The molecule has 11 heteroatoms. The Hall–Kier alpha value is -1.50. The van der Waals surface area contributed by atoms with Gasteiger partial charge in [-0.25, -0.2) is 8.57 Å². The number of carbonyl (C=O) groups is 2. The summed E-state index contributed by atoms with van der Waals surface area (Å²) in [4.78, 5) is 26.4. The van der Waals surface area contributed by atoms with Crippen LogP contribution >= 0.6 is 0 Å². The summed E-state index contributed by atoms with van der Waals surface area (Å²) in [6.07, 6.45) is 2.75. The number of fused-ring (bicyclic) bond motifs is 7. The first kappa shape index (κ1) is 30.9. The molecule has 5 aliphatic rings. The Bertz CT molecular complexity index is 1300. The Balaban J connectivity index is 1.53. The maximum Gasteiger partial charge on any atom is 0.435 e. The van der Waals surface area contributed by atoms with Crippen molar-refractivity contribution in [3.63, 3.8) is 0 Å². The van der Waals surface area contributed by atoms with Crippen molar-refractivity contribution >= 4 is 21.9 Å². The van der Waals surface area contributed by atoms with Crippen LogP contribution in [-0.2, 0) is 33.6 Å². The minimum absolute atomic E-state index is 0.206. The van der Waals surface area contributed by atoms with Gasteiger partial charge in [-0.05, 0) is 84.8 Å². The van der Waals surface area contributed by atoms with E-state index in [0.29, 0.717) is 18.4 Å². The molecule has 9 nitrogen and oxygen atoms in total. The topological polar surface area (TPSA) is 119 Å². The molecule has 0 unspecified atom stereocenters. The third-order valence-corrected chi connectivity index (χ3v) is 13.7. The van der Waals surface area contributed by atoms with Crippen LogP contribution in [0.25, 0.3) is 0 Å². The van der Waals surface area contributed by atoms with Gasteiger partial charge in [0.05, 0.1) is 25.7 Å². The minimum Gasteiger partial charge on any atom is -0.850 e. The highest BCUT2D eigenvalue weighted by atomic mass is 32.2. The van der Waals surface area contributed by atoms with Crippen LogP contribution in [-0.4, -0.2) is 79.4 Å². The number of halogens is 1. The van der Waals surface area contributed by atoms with Crippen LogP contribution in [0.5, 0.6) is 0 Å². The molecule has 0 N–H and O–H groups in total. The van der Waals surface area contributed by atoms with E-state index in [1.165, 1.54) is 12.2 Å². The second-order valence-corrected chi connectivity index (χ2v) is 15.3. The average Bonchev–Trinajstić information content (AvgIpc) is 3.31. The molecule has 1 aliphatic heterocycles. The van der Waals surface area contributed by atoms with Crippen LogP contribution < -0.4 is 5.11 Å². The highest BCUT2D eigenvalue weighted by Crippen LogP contribution is 2.72. The quantitative estimate of drug-likeness (QED) is 0.392. The maximum absolute atomic E-state index is 17.5. The first-order valence-electron chi connectivity index (χ1n) is 14.9. The van der Waals surface area contributed by atoms with Gasteiger partial charge < -0.3 is 14.6 Å². The first-order chi connectivity index (χ1) is 18.9. The predicted molar refractivity (Wildman–Crippen MR) is 146 cm³/mol. The van der Waals surface area contributed by atoms with Crippen LogP contribution in [0.4, 0.5) is 4.39 Å². The molecule has 0 aromatic heterocycles. The molecule has 230 valence electrons. The molecule has 0 amide bonds. The van der Waals surface area contributed by atoms with E-state index in [-0.39, 0.29) is 42.1 Å². The molecule has 1 heterocycles. The van der Waals surface area contributed by atoms with Gasteiger partial charge in [0.15, 0.2) is 23.0 Å². The molecule has 41 heavy (non-hydrogen) atoms. The van der Waals surface area contributed by atoms with Crippen molar-refractivity contribution in [1.82, 2.24) is 0 Å². The number of allylic oxidation sites excluding steroid dienone is 4. The largest absolute Gasteiger partial charge is 0.850 e. The third kappa shape index (κ3) is 3.84. The molecule has 0 aromatic carbocycles. The van der Waals surface area contributed by atoms with E-state index in [1.54, 1.807) is 54.5 Å². The molecule has 0 aromatic rings. The zero-order valence-corrected chi connectivity index (χ0v) is 26.0. The summed E-state index contributed by atoms with van der Waals surface area (Å²) in [5.41, 5.74) is -5.58. The molecule has 4 aliphatic carbocycles. The molecule has 0 bridgehead atoms. The fourth-order valence-corrected chi connectivity index (χ4v) is 10.7. The van der Waals surface area contributed by atoms with E-state index in [4.69, 9.17) is 13.7 Å². The van der Waals surface area contributed by atoms with Gasteiger partial charge in [-0.1, -0.05) is 31.1 Å². The molecular formula is C30H44FNO8S. The summed E-state index contributed by atoms with van der Waals surface area (Å²) in [6, 6.07) is 0. The molecule has 1 saturated heterocycles. The zero-order chi connectivity index (χ0) is 30.4. The monoisotopic (exact) mass is 597 g/mol. The lowest BCUT2D eigenvalue weighted by Gasteiger charge is -2.66. The highest BCUT2D eigenvalue weighted by molar-refractivity contribution is 7.81. The van der Waals surface area contributed by atoms with E-state index in [9.17, 15) is 23.1 Å². The van der Waals surface area contributed by atoms with E-state index >= 15 is 4.39 Å². The number of nitrogens with zero attached hydrogens (tertiary/aromatic N) is 1. The van der Waals surface area contributed by atoms with Crippen LogP contribution in [0, 0.1) is 22.7 Å². The van der Waals surface area contributed by atoms with Gasteiger partial charge in [0.1, 0.15) is 12.3 Å². The lowest BCUT2D eigenvalue weighted by atomic mass is 9.44. The smallest absolute Gasteiger partial charge is 0.435 e. The van der Waals surface area contributed by atoms with Crippen molar-refractivity contribution in [2.24, 2.45) is 22.7 Å². The van der Waals surface area contributed by atoms with Crippen molar-refractivity contribution in [2.45, 2.75) is 103 Å². The Morgan fingerprint density at radius 2 is 1.78 bits per heavy atom. The number of ketones is 2. The van der Waals surface area contributed by atoms with Crippen LogP contribution in [0.1, 0.15) is 74.1 Å². The summed E-state index contributed by atoms with van der Waals surface area (Å²) in [5, 5.41) is 14.1. The molecule has 4 fully saturated rings. The van der Waals surface area contributed by atoms with Gasteiger partial charge in [0.25, 0.3) is 0 Å². The number of carbonyl (C=O) groups excluding carboxylic acids is 2. The summed E-state index contributed by atoms with van der Waals surface area (Å²) < 4.78 is 61.9. The number of hydrogen-bond donors (Lipinski definition) is 0. The Labute approximate surface area is 242 Å². The number of hydrogen-bond acceptors (Lipinski definition) is 8. The Morgan fingerprint density at radius 1 is 1.15 bits per heavy atom. The molecule has 3 saturated carbocycles. The van der Waals surface area contributed by atoms with E-state index < -0.39 is 74.6 Å². The number of quaternary nitrogens is 1. The SMILES string of the molecule is CC[N+](CC)(CC)S(=O)(=O)OCC(=O)[C@@]12OC(C)(C)O[C@@H]1C[C@H]1[C@@H]3CCC4=CC(=O)C=C[C@]4(C)[C@@]3(F)[C@@H]([O-])C[C@@]12C. The lowest BCUT2D eigenvalue weighted by Crippen LogP contribution is -2.72. The molecule has 5 rings (SSSR count). The van der Waals surface area contributed by atoms with E-state index in [0.717, 1.165) is 0 Å². The van der Waals surface area contributed by atoms with Crippen LogP contribution in [0.3, 0.4) is 0 Å². The number of ether oxygens (including phenoxy) is 2. The van der Waals surface area contributed by atoms with Crippen molar-refractivity contribution in [1.29, 1.82) is 0 Å². The van der Waals surface area contributed by atoms with E-state index in [1.807, 2.05) is 0 Å². The highest BCUT2D eigenvalue weighted by Gasteiger charge is 2.78. The van der Waals surface area contributed by atoms with Gasteiger partial charge >= 0.3 is 10.3 Å². The van der Waals surface area contributed by atoms with Gasteiger partial charge in [0.2, 0.25) is 0 Å². The van der Waals surface area contributed by atoms with Crippen LogP contribution in [0.2, 0.25) is 0 Å². The summed E-state index contributed by atoms with van der Waals surface area (Å²) in [5.74, 6) is -3.14. The number of Topliss-reactive ketones (excluding diaryl/α,β-unsaturated/α-hetero) is 1. The van der Waals surface area contributed by atoms with Crippen molar-refractivity contribution in [3.05, 3.63) is 23.8 Å². The Morgan fingerprint density at radius 3 is 2.39 bits per heavy atom. The fourth-order valence-electron chi connectivity index (χ4n) is 9.26. The lowest BCUT2D eigenvalue weighted by molar-refractivity contribution is -0.805. The first-order valence-corrected chi connectivity index (χ1v) is 16.3. The fraction of sp³-hybridized carbons (Fsp3) is 0.800. The summed E-state index contributed by atoms with van der Waals surface area (Å²) in [6.45, 7) is 12.2. The van der Waals surface area contributed by atoms with Gasteiger partial charge in [-0.2, -0.15) is 3.89 Å². The van der Waals surface area contributed by atoms with Crippen molar-refractivity contribution in [3.8, 4) is 0 Å². The van der Waals surface area contributed by atoms with Crippen molar-refractivity contribution < 1.29 is 45.0 Å². The van der Waals surface area contributed by atoms with E-state index in [2.05, 4.69) is 0 Å². The minimum atomic E-state index is -4.18. The normalized spacial score (nSPS) is 43.1. The number of alkyl halides is 1. The summed E-state index contributed by atoms with van der Waals surface area (Å²) >= 11 is 0. The maximum atomic E-state index is 17.5. The second kappa shape index (κ2) is 9.50. The average molecular weight is 598 g/mol. The molecular weight excluding hydrogens is 553 g/mol. The second-order valence-electron chi connectivity index (χ2n) is 13.4. The Kier molecular flexibility index (Phi) is 7.17. The molecule has 8 atom stereocenters. The number of rotatable bonds is 8. The molecule has 0 radical (unpaired) electrons. The van der Waals surface area contributed by atoms with Gasteiger partial charge in [0, 0.05) is 10.8 Å². The van der Waals surface area contributed by atoms with Gasteiger partial charge in [-0.15, -0.1) is 8.42 Å². The third-order valence-electron chi connectivity index (χ3n) is 11.6. The van der Waals surface area contributed by atoms with Crippen molar-refractivity contribution in [2.75, 3.05) is 26.2 Å². The summed E-state index contributed by atoms with van der Waals surface area (Å²) in [7, 11) is -4.18. The molecule has 0 spiro atoms. The standard InChI is InChI=1S/C30H44FNO8S/c1-8-32(9-2,10-3)41(36,37)38-18-24(35)30-25(39-26(4,5)40-30)16-22-21-12-11-19-15-20(33)13-14-27(19,6)29(21,31)23(34)17-28(22,30)7/h13-15,21-23,25H,8-12,16-18H2,1-7H3/t21-,22-,23-,25+,27-,28-,29-,30+/m0/s1. The zero-order valence-electron chi connectivity index (χ0n) is 25.2. The van der Waals surface area contributed by atoms with Crippen LogP contribution in [0.15, 0.2) is 23.8 Å².